The first kappa shape index (κ1) is 10.9. The zero-order valence-corrected chi connectivity index (χ0v) is 9.30. The van der Waals surface area contributed by atoms with Crippen LogP contribution < -0.4 is 0 Å². The molecule has 0 N–H and O–H groups in total. The lowest BCUT2D eigenvalue weighted by atomic mass is 9.80. The van der Waals surface area contributed by atoms with Crippen molar-refractivity contribution in [2.75, 3.05) is 0 Å². The average Bonchev–Trinajstić information content (AvgIpc) is 2.89. The summed E-state index contributed by atoms with van der Waals surface area (Å²) in [6.45, 7) is 0. The molecule has 0 amide bonds. The first-order valence-electron chi connectivity index (χ1n) is 5.87. The molecule has 0 aliphatic heterocycles. The lowest BCUT2D eigenvalue weighted by Crippen LogP contribution is -2.17. The van der Waals surface area contributed by atoms with Gasteiger partial charge in [0.2, 0.25) is 0 Å². The van der Waals surface area contributed by atoms with Crippen LogP contribution in [0.4, 0.5) is 13.2 Å². The quantitative estimate of drug-likeness (QED) is 0.639. The predicted octanol–water partition coefficient (Wildman–Crippen LogP) is 4.31. The molecule has 2 aliphatic rings. The van der Waals surface area contributed by atoms with Crippen LogP contribution in [0.25, 0.3) is 0 Å². The summed E-state index contributed by atoms with van der Waals surface area (Å²) in [7, 11) is 0. The molecule has 1 aromatic rings. The zero-order chi connectivity index (χ0) is 12.1. The van der Waals surface area contributed by atoms with Crippen molar-refractivity contribution in [1.29, 1.82) is 0 Å². The average molecular weight is 238 g/mol. The van der Waals surface area contributed by atoms with Gasteiger partial charge in [0.1, 0.15) is 0 Å². The Bertz CT molecular complexity index is 455. The van der Waals surface area contributed by atoms with Crippen molar-refractivity contribution in [3.63, 3.8) is 0 Å². The summed E-state index contributed by atoms with van der Waals surface area (Å²) in [6, 6.07) is 5.68. The van der Waals surface area contributed by atoms with Gasteiger partial charge in [0.15, 0.2) is 0 Å². The molecule has 0 aromatic heterocycles. The number of fused-ring (bicyclic) bond motifs is 2. The normalized spacial score (nSPS) is 31.1. The molecule has 0 heterocycles. The SMILES string of the molecule is FC(F)(F)c1ccc(C23C=CC(CC2)C3)cc1. The van der Waals surface area contributed by atoms with E-state index in [2.05, 4.69) is 12.2 Å². The van der Waals surface area contributed by atoms with Crippen LogP contribution >= 0.6 is 0 Å². The van der Waals surface area contributed by atoms with Crippen molar-refractivity contribution in [3.05, 3.63) is 47.5 Å². The Balaban J connectivity index is 1.93. The van der Waals surface area contributed by atoms with Crippen LogP contribution in [0.3, 0.4) is 0 Å². The van der Waals surface area contributed by atoms with Crippen molar-refractivity contribution in [3.8, 4) is 0 Å². The van der Waals surface area contributed by atoms with Gasteiger partial charge in [-0.3, -0.25) is 0 Å². The number of hydrogen-bond acceptors (Lipinski definition) is 0. The van der Waals surface area contributed by atoms with Gasteiger partial charge in [0.25, 0.3) is 0 Å². The van der Waals surface area contributed by atoms with Gasteiger partial charge in [0.05, 0.1) is 5.56 Å². The van der Waals surface area contributed by atoms with E-state index in [1.165, 1.54) is 12.1 Å². The molecule has 2 aliphatic carbocycles. The lowest BCUT2D eigenvalue weighted by Gasteiger charge is -2.24. The van der Waals surface area contributed by atoms with Crippen LogP contribution in [0.5, 0.6) is 0 Å². The molecule has 2 unspecified atom stereocenters. The van der Waals surface area contributed by atoms with Crippen LogP contribution in [-0.2, 0) is 11.6 Å². The Morgan fingerprint density at radius 3 is 2.24 bits per heavy atom. The third-order valence-electron chi connectivity index (χ3n) is 4.06. The molecule has 0 nitrogen and oxygen atoms in total. The number of rotatable bonds is 1. The minimum atomic E-state index is -4.24. The smallest absolute Gasteiger partial charge is 0.166 e. The van der Waals surface area contributed by atoms with E-state index < -0.39 is 11.7 Å². The summed E-state index contributed by atoms with van der Waals surface area (Å²) in [5.41, 5.74) is 0.491. The molecule has 2 atom stereocenters. The van der Waals surface area contributed by atoms with Crippen molar-refractivity contribution < 1.29 is 13.2 Å². The summed E-state index contributed by atoms with van der Waals surface area (Å²) in [4.78, 5) is 0. The highest BCUT2D eigenvalue weighted by Gasteiger charge is 2.42. The Labute approximate surface area is 98.1 Å². The summed E-state index contributed by atoms with van der Waals surface area (Å²) in [5, 5.41) is 0. The van der Waals surface area contributed by atoms with Crippen molar-refractivity contribution in [2.24, 2.45) is 5.92 Å². The van der Waals surface area contributed by atoms with E-state index in [1.54, 1.807) is 12.1 Å². The molecule has 0 spiro atoms. The Morgan fingerprint density at radius 2 is 1.82 bits per heavy atom. The monoisotopic (exact) mass is 238 g/mol. The first-order valence-corrected chi connectivity index (χ1v) is 5.87. The topological polar surface area (TPSA) is 0 Å². The second-order valence-electron chi connectivity index (χ2n) is 5.09. The highest BCUT2D eigenvalue weighted by molar-refractivity contribution is 5.38. The third kappa shape index (κ3) is 1.68. The van der Waals surface area contributed by atoms with Crippen molar-refractivity contribution in [2.45, 2.75) is 30.9 Å². The highest BCUT2D eigenvalue weighted by Crippen LogP contribution is 2.50. The van der Waals surface area contributed by atoms with E-state index >= 15 is 0 Å². The van der Waals surface area contributed by atoms with Crippen LogP contribution in [-0.4, -0.2) is 0 Å². The second-order valence-corrected chi connectivity index (χ2v) is 5.09. The molecule has 17 heavy (non-hydrogen) atoms. The van der Waals surface area contributed by atoms with Crippen LogP contribution in [0.1, 0.15) is 30.4 Å². The molecule has 90 valence electrons. The molecule has 3 rings (SSSR count). The summed E-state index contributed by atoms with van der Waals surface area (Å²) in [6.07, 6.45) is 3.46. The highest BCUT2D eigenvalue weighted by atomic mass is 19.4. The van der Waals surface area contributed by atoms with Gasteiger partial charge in [0, 0.05) is 5.41 Å². The van der Waals surface area contributed by atoms with Crippen molar-refractivity contribution in [1.82, 2.24) is 0 Å². The molecule has 0 saturated heterocycles. The van der Waals surface area contributed by atoms with Crippen LogP contribution in [0.2, 0.25) is 0 Å². The van der Waals surface area contributed by atoms with E-state index in [0.717, 1.165) is 24.8 Å². The van der Waals surface area contributed by atoms with E-state index in [4.69, 9.17) is 0 Å². The number of benzene rings is 1. The minimum Gasteiger partial charge on any atom is -0.166 e. The fourth-order valence-corrected chi connectivity index (χ4v) is 3.10. The van der Waals surface area contributed by atoms with Gasteiger partial charge < -0.3 is 0 Å². The maximum atomic E-state index is 12.5. The van der Waals surface area contributed by atoms with Gasteiger partial charge in [-0.1, -0.05) is 24.3 Å². The van der Waals surface area contributed by atoms with E-state index in [9.17, 15) is 13.2 Å². The van der Waals surface area contributed by atoms with Crippen molar-refractivity contribution >= 4 is 0 Å². The van der Waals surface area contributed by atoms with E-state index in [-0.39, 0.29) is 5.41 Å². The Kier molecular flexibility index (Phi) is 2.16. The molecule has 3 heteroatoms. The molecule has 1 aromatic carbocycles. The largest absolute Gasteiger partial charge is 0.416 e. The molecule has 0 radical (unpaired) electrons. The number of alkyl halides is 3. The standard InChI is InChI=1S/C14H13F3/c15-14(16,17)12-3-1-11(2-4-12)13-7-5-10(9-13)6-8-13/h1-5,7,10H,6,8-9H2. The van der Waals surface area contributed by atoms with Gasteiger partial charge >= 0.3 is 6.18 Å². The Morgan fingerprint density at radius 1 is 1.12 bits per heavy atom. The van der Waals surface area contributed by atoms with E-state index in [0.29, 0.717) is 5.92 Å². The fraction of sp³-hybridized carbons (Fsp3) is 0.429. The zero-order valence-electron chi connectivity index (χ0n) is 9.30. The molecule has 1 fully saturated rings. The maximum Gasteiger partial charge on any atom is 0.416 e. The molecular formula is C14H13F3. The molecular weight excluding hydrogens is 225 g/mol. The van der Waals surface area contributed by atoms with Gasteiger partial charge in [-0.2, -0.15) is 13.2 Å². The fourth-order valence-electron chi connectivity index (χ4n) is 3.10. The second kappa shape index (κ2) is 3.37. The number of halogens is 3. The third-order valence-corrected chi connectivity index (χ3v) is 4.06. The maximum absolute atomic E-state index is 12.5. The minimum absolute atomic E-state index is 0.0226. The predicted molar refractivity (Wildman–Crippen MR) is 59.6 cm³/mol. The lowest BCUT2D eigenvalue weighted by molar-refractivity contribution is -0.137. The number of hydrogen-bond donors (Lipinski definition) is 0. The summed E-state index contributed by atoms with van der Waals surface area (Å²) >= 11 is 0. The molecule has 1 saturated carbocycles. The Hall–Kier alpha value is -1.25. The first-order chi connectivity index (χ1) is 8.00. The number of allylic oxidation sites excluding steroid dienone is 2. The van der Waals surface area contributed by atoms with Gasteiger partial charge in [-0.15, -0.1) is 0 Å². The van der Waals surface area contributed by atoms with Gasteiger partial charge in [-0.25, -0.2) is 0 Å². The summed E-state index contributed by atoms with van der Waals surface area (Å²) in [5.74, 6) is 0.636. The summed E-state index contributed by atoms with van der Waals surface area (Å²) < 4.78 is 37.4. The van der Waals surface area contributed by atoms with E-state index in [1.807, 2.05) is 0 Å². The molecule has 2 bridgehead atoms. The van der Waals surface area contributed by atoms with Crippen LogP contribution in [0.15, 0.2) is 36.4 Å². The van der Waals surface area contributed by atoms with Crippen LogP contribution in [0, 0.1) is 5.92 Å². The van der Waals surface area contributed by atoms with Gasteiger partial charge in [-0.05, 0) is 42.9 Å².